The maximum atomic E-state index is 11.7. The van der Waals surface area contributed by atoms with E-state index in [0.717, 1.165) is 5.56 Å². The Labute approximate surface area is 118 Å². The molecular weight excluding hydrogens is 258 g/mol. The molecule has 0 aliphatic rings. The number of amides is 1. The van der Waals surface area contributed by atoms with Crippen LogP contribution in [0.15, 0.2) is 30.3 Å². The van der Waals surface area contributed by atoms with Gasteiger partial charge >= 0.3 is 12.1 Å². The van der Waals surface area contributed by atoms with Crippen molar-refractivity contribution in [3.05, 3.63) is 35.9 Å². The lowest BCUT2D eigenvalue weighted by Crippen LogP contribution is -2.46. The van der Waals surface area contributed by atoms with Crippen molar-refractivity contribution < 1.29 is 19.4 Å². The zero-order valence-corrected chi connectivity index (χ0v) is 12.2. The Morgan fingerprint density at radius 1 is 1.20 bits per heavy atom. The topological polar surface area (TPSA) is 75.6 Å². The number of carboxylic acid groups (broad SMARTS) is 1. The Morgan fingerprint density at radius 2 is 1.75 bits per heavy atom. The first kappa shape index (κ1) is 16.0. The van der Waals surface area contributed by atoms with Crippen LogP contribution in [0, 0.1) is 0 Å². The van der Waals surface area contributed by atoms with Gasteiger partial charge in [0.1, 0.15) is 11.6 Å². The number of aliphatic carboxylic acids is 1. The number of alkyl carbamates (subject to hydrolysis) is 1. The predicted octanol–water partition coefficient (Wildman–Crippen LogP) is 2.77. The van der Waals surface area contributed by atoms with E-state index in [0.29, 0.717) is 0 Å². The molecule has 0 radical (unpaired) electrons. The van der Waals surface area contributed by atoms with Gasteiger partial charge in [0, 0.05) is 5.92 Å². The monoisotopic (exact) mass is 279 g/mol. The molecule has 1 aromatic rings. The first-order chi connectivity index (χ1) is 9.20. The molecule has 0 heterocycles. The smallest absolute Gasteiger partial charge is 0.408 e. The average Bonchev–Trinajstić information content (AvgIpc) is 2.34. The molecule has 1 amide bonds. The van der Waals surface area contributed by atoms with Gasteiger partial charge in [-0.1, -0.05) is 37.3 Å². The fraction of sp³-hybridized carbons (Fsp3) is 0.467. The molecule has 2 N–H and O–H groups in total. The van der Waals surface area contributed by atoms with Crippen molar-refractivity contribution in [3.8, 4) is 0 Å². The largest absolute Gasteiger partial charge is 0.480 e. The Balaban J connectivity index is 2.80. The molecule has 110 valence electrons. The quantitative estimate of drug-likeness (QED) is 0.888. The molecule has 2 atom stereocenters. The summed E-state index contributed by atoms with van der Waals surface area (Å²) < 4.78 is 5.09. The standard InChI is InChI=1S/C15H21NO4/c1-10(11-8-6-5-7-9-11)12(13(17)18)16-14(19)20-15(2,3)4/h5-10,12H,1-4H3,(H,16,19)(H,17,18). The molecule has 2 unspecified atom stereocenters. The van der Waals surface area contributed by atoms with Gasteiger partial charge in [0.25, 0.3) is 0 Å². The highest BCUT2D eigenvalue weighted by Crippen LogP contribution is 2.19. The summed E-state index contributed by atoms with van der Waals surface area (Å²) in [6.07, 6.45) is -0.729. The third-order valence-corrected chi connectivity index (χ3v) is 2.76. The molecule has 1 rings (SSSR count). The highest BCUT2D eigenvalue weighted by atomic mass is 16.6. The molecule has 0 spiro atoms. The van der Waals surface area contributed by atoms with E-state index in [9.17, 15) is 14.7 Å². The van der Waals surface area contributed by atoms with Crippen molar-refractivity contribution in [2.45, 2.75) is 45.3 Å². The molecule has 5 heteroatoms. The van der Waals surface area contributed by atoms with Crippen LogP contribution in [-0.2, 0) is 9.53 Å². The molecule has 0 aliphatic carbocycles. The second-order valence-corrected chi connectivity index (χ2v) is 5.66. The normalized spacial score (nSPS) is 14.2. The number of carbonyl (C=O) groups is 2. The minimum Gasteiger partial charge on any atom is -0.480 e. The Bertz CT molecular complexity index is 465. The molecule has 0 aliphatic heterocycles. The highest BCUT2D eigenvalue weighted by molar-refractivity contribution is 5.81. The van der Waals surface area contributed by atoms with Crippen molar-refractivity contribution >= 4 is 12.1 Å². The third kappa shape index (κ3) is 4.91. The molecular formula is C15H21NO4. The van der Waals surface area contributed by atoms with Crippen LogP contribution in [0.3, 0.4) is 0 Å². The second-order valence-electron chi connectivity index (χ2n) is 5.66. The minimum atomic E-state index is -1.09. The number of ether oxygens (including phenoxy) is 1. The maximum Gasteiger partial charge on any atom is 0.408 e. The number of hydrogen-bond donors (Lipinski definition) is 2. The number of hydrogen-bond acceptors (Lipinski definition) is 3. The zero-order valence-electron chi connectivity index (χ0n) is 12.2. The summed E-state index contributed by atoms with van der Waals surface area (Å²) in [5, 5.41) is 11.7. The Kier molecular flexibility index (Phi) is 5.13. The van der Waals surface area contributed by atoms with Crippen LogP contribution in [0.2, 0.25) is 0 Å². The van der Waals surface area contributed by atoms with Gasteiger partial charge in [-0.15, -0.1) is 0 Å². The Hall–Kier alpha value is -2.04. The van der Waals surface area contributed by atoms with Gasteiger partial charge in [-0.2, -0.15) is 0 Å². The van der Waals surface area contributed by atoms with Crippen molar-refractivity contribution in [3.63, 3.8) is 0 Å². The second kappa shape index (κ2) is 6.41. The lowest BCUT2D eigenvalue weighted by atomic mass is 9.93. The summed E-state index contributed by atoms with van der Waals surface area (Å²) in [6, 6.07) is 8.14. The summed E-state index contributed by atoms with van der Waals surface area (Å²) in [7, 11) is 0. The van der Waals surface area contributed by atoms with Crippen LogP contribution in [0.25, 0.3) is 0 Å². The van der Waals surface area contributed by atoms with Crippen LogP contribution < -0.4 is 5.32 Å². The Morgan fingerprint density at radius 3 is 2.20 bits per heavy atom. The number of rotatable bonds is 4. The predicted molar refractivity (Wildman–Crippen MR) is 75.7 cm³/mol. The fourth-order valence-electron chi connectivity index (χ4n) is 1.78. The van der Waals surface area contributed by atoms with Crippen LogP contribution >= 0.6 is 0 Å². The van der Waals surface area contributed by atoms with E-state index in [2.05, 4.69) is 5.32 Å². The van der Waals surface area contributed by atoms with Crippen molar-refractivity contribution in [1.82, 2.24) is 5.32 Å². The van der Waals surface area contributed by atoms with Gasteiger partial charge in [0.15, 0.2) is 0 Å². The fourth-order valence-corrected chi connectivity index (χ4v) is 1.78. The lowest BCUT2D eigenvalue weighted by Gasteiger charge is -2.25. The molecule has 0 saturated carbocycles. The molecule has 0 bridgehead atoms. The number of carboxylic acids is 1. The van der Waals surface area contributed by atoms with Crippen LogP contribution in [-0.4, -0.2) is 28.8 Å². The van der Waals surface area contributed by atoms with Gasteiger partial charge in [0.2, 0.25) is 0 Å². The lowest BCUT2D eigenvalue weighted by molar-refractivity contribution is -0.140. The SMILES string of the molecule is CC(c1ccccc1)C(NC(=O)OC(C)(C)C)C(=O)O. The average molecular weight is 279 g/mol. The molecule has 20 heavy (non-hydrogen) atoms. The maximum absolute atomic E-state index is 11.7. The summed E-state index contributed by atoms with van der Waals surface area (Å²) in [5.41, 5.74) is 0.180. The van der Waals surface area contributed by atoms with E-state index in [1.807, 2.05) is 30.3 Å². The molecule has 0 aromatic heterocycles. The molecule has 1 aromatic carbocycles. The first-order valence-electron chi connectivity index (χ1n) is 6.48. The number of carbonyl (C=O) groups excluding carboxylic acids is 1. The van der Waals surface area contributed by atoms with Crippen molar-refractivity contribution in [1.29, 1.82) is 0 Å². The highest BCUT2D eigenvalue weighted by Gasteiger charge is 2.29. The van der Waals surface area contributed by atoms with E-state index in [1.165, 1.54) is 0 Å². The van der Waals surface area contributed by atoms with E-state index in [1.54, 1.807) is 27.7 Å². The van der Waals surface area contributed by atoms with Crippen molar-refractivity contribution in [2.24, 2.45) is 0 Å². The summed E-state index contributed by atoms with van der Waals surface area (Å²) >= 11 is 0. The zero-order chi connectivity index (χ0) is 15.3. The third-order valence-electron chi connectivity index (χ3n) is 2.76. The van der Waals surface area contributed by atoms with E-state index in [4.69, 9.17) is 4.74 Å². The summed E-state index contributed by atoms with van der Waals surface area (Å²) in [5.74, 6) is -1.45. The van der Waals surface area contributed by atoms with E-state index >= 15 is 0 Å². The molecule has 0 fully saturated rings. The number of benzene rings is 1. The van der Waals surface area contributed by atoms with Crippen molar-refractivity contribution in [2.75, 3.05) is 0 Å². The minimum absolute atomic E-state index is 0.360. The van der Waals surface area contributed by atoms with E-state index in [-0.39, 0.29) is 5.92 Å². The summed E-state index contributed by atoms with van der Waals surface area (Å²) in [4.78, 5) is 23.1. The molecule has 5 nitrogen and oxygen atoms in total. The van der Waals surface area contributed by atoms with Crippen LogP contribution in [0.4, 0.5) is 4.79 Å². The van der Waals surface area contributed by atoms with Gasteiger partial charge in [-0.25, -0.2) is 9.59 Å². The number of nitrogens with one attached hydrogen (secondary N) is 1. The van der Waals surface area contributed by atoms with Crippen LogP contribution in [0.1, 0.15) is 39.2 Å². The summed E-state index contributed by atoms with van der Waals surface area (Å²) in [6.45, 7) is 6.93. The first-order valence-corrected chi connectivity index (χ1v) is 6.48. The van der Waals surface area contributed by atoms with Gasteiger partial charge in [0.05, 0.1) is 0 Å². The van der Waals surface area contributed by atoms with E-state index < -0.39 is 23.7 Å². The van der Waals surface area contributed by atoms with Crippen LogP contribution in [0.5, 0.6) is 0 Å². The van der Waals surface area contributed by atoms with Gasteiger partial charge in [-0.05, 0) is 26.3 Å². The molecule has 0 saturated heterocycles. The van der Waals surface area contributed by atoms with Gasteiger partial charge < -0.3 is 15.2 Å². The van der Waals surface area contributed by atoms with Gasteiger partial charge in [-0.3, -0.25) is 0 Å².